The Bertz CT molecular complexity index is 534. The first-order chi connectivity index (χ1) is 8.06. The van der Waals surface area contributed by atoms with Crippen molar-refractivity contribution in [1.82, 2.24) is 18.7 Å². The number of halogens is 2. The molecule has 2 heterocycles. The van der Waals surface area contributed by atoms with Crippen LogP contribution in [-0.2, 0) is 21.6 Å². The van der Waals surface area contributed by atoms with Crippen molar-refractivity contribution in [2.75, 3.05) is 5.08 Å². The lowest BCUT2D eigenvalue weighted by atomic mass is 11.3. The molecule has 6 nitrogen and oxygen atoms in total. The third kappa shape index (κ3) is 3.67. The Kier molecular flexibility index (Phi) is 4.88. The molecule has 0 aliphatic rings. The molecule has 2 rings (SSSR count). The summed E-state index contributed by atoms with van der Waals surface area (Å²) >= 11 is 8.16. The minimum absolute atomic E-state index is 0.0523. The number of hydrogen-bond acceptors (Lipinski definition) is 8. The summed E-state index contributed by atoms with van der Waals surface area (Å²) in [6.07, 6.45) is 0. The van der Waals surface area contributed by atoms with Crippen molar-refractivity contribution in [3.8, 4) is 0 Å². The van der Waals surface area contributed by atoms with Gasteiger partial charge in [-0.1, -0.05) is 0 Å². The topological polar surface area (TPSA) is 85.7 Å². The second-order valence-corrected chi connectivity index (χ2v) is 9.00. The zero-order valence-corrected chi connectivity index (χ0v) is 14.1. The van der Waals surface area contributed by atoms with Crippen LogP contribution in [0.3, 0.4) is 0 Å². The fraction of sp³-hybridized carbons (Fsp3) is 0.200. The Hall–Kier alpha value is 0.380. The molecule has 0 aliphatic heterocycles. The zero-order valence-electron chi connectivity index (χ0n) is 7.70. The van der Waals surface area contributed by atoms with Gasteiger partial charge >= 0.3 is 0 Å². The van der Waals surface area contributed by atoms with Gasteiger partial charge in [0, 0.05) is 0 Å². The van der Waals surface area contributed by atoms with Crippen molar-refractivity contribution >= 4 is 76.5 Å². The van der Waals surface area contributed by atoms with Crippen LogP contribution < -0.4 is 0 Å². The molecule has 0 spiro atoms. The van der Waals surface area contributed by atoms with Crippen LogP contribution in [0.4, 0.5) is 0 Å². The van der Waals surface area contributed by atoms with Crippen LogP contribution in [-0.4, -0.2) is 32.2 Å². The average Bonchev–Trinajstić information content (AvgIpc) is 2.87. The summed E-state index contributed by atoms with van der Waals surface area (Å²) in [6, 6.07) is 0. The van der Waals surface area contributed by atoms with Crippen LogP contribution in [0.25, 0.3) is 0 Å². The molecular formula is C5H2Br2N4O2S4. The normalized spacial score (nSPS) is 14.7. The predicted octanol–water partition coefficient (Wildman–Crippen LogP) is 1.79. The van der Waals surface area contributed by atoms with Gasteiger partial charge in [-0.2, -0.15) is 18.7 Å². The number of rotatable bonds is 4. The lowest BCUT2D eigenvalue weighted by molar-refractivity contribution is 0.678. The maximum Gasteiger partial charge on any atom is 0.210 e. The van der Waals surface area contributed by atoms with E-state index in [9.17, 15) is 8.42 Å². The molecule has 2 atom stereocenters. The Labute approximate surface area is 126 Å². The Balaban J connectivity index is 2.07. The maximum atomic E-state index is 11.8. The highest BCUT2D eigenvalue weighted by atomic mass is 79.9. The fourth-order valence-electron chi connectivity index (χ4n) is 0.769. The lowest BCUT2D eigenvalue weighted by Crippen LogP contribution is -2.05. The molecular weight excluding hydrogens is 436 g/mol. The molecule has 0 bridgehead atoms. The zero-order chi connectivity index (χ0) is 12.4. The predicted molar refractivity (Wildman–Crippen MR) is 72.9 cm³/mol. The lowest BCUT2D eigenvalue weighted by Gasteiger charge is -1.94. The van der Waals surface area contributed by atoms with Gasteiger partial charge in [0.15, 0.2) is 0 Å². The summed E-state index contributed by atoms with van der Waals surface area (Å²) in [4.78, 5) is 7.82. The van der Waals surface area contributed by atoms with E-state index in [4.69, 9.17) is 0 Å². The summed E-state index contributed by atoms with van der Waals surface area (Å²) < 4.78 is 32.7. The summed E-state index contributed by atoms with van der Waals surface area (Å²) in [5.41, 5.74) is 0. The first kappa shape index (κ1) is 13.8. The third-order valence-electron chi connectivity index (χ3n) is 1.37. The van der Waals surface area contributed by atoms with E-state index in [1.165, 1.54) is 0 Å². The van der Waals surface area contributed by atoms with Crippen molar-refractivity contribution in [3.05, 3.63) is 9.47 Å². The largest absolute Gasteiger partial charge is 0.251 e. The molecule has 0 saturated carbocycles. The molecule has 12 heteroatoms. The molecule has 0 aromatic carbocycles. The van der Waals surface area contributed by atoms with E-state index in [1.807, 2.05) is 0 Å². The van der Waals surface area contributed by atoms with E-state index in [0.717, 1.165) is 23.1 Å². The van der Waals surface area contributed by atoms with Gasteiger partial charge in [0.1, 0.15) is 5.08 Å². The van der Waals surface area contributed by atoms with Crippen LogP contribution in [0.15, 0.2) is 18.1 Å². The van der Waals surface area contributed by atoms with Gasteiger partial charge in [-0.15, -0.1) is 0 Å². The number of nitrogens with zero attached hydrogens (tertiary/aromatic N) is 4. The molecule has 17 heavy (non-hydrogen) atoms. The minimum atomic E-state index is -1.45. The fourth-order valence-corrected chi connectivity index (χ4v) is 6.39. The van der Waals surface area contributed by atoms with E-state index in [1.54, 1.807) is 0 Å². The molecule has 0 amide bonds. The Morgan fingerprint density at radius 2 is 1.35 bits per heavy atom. The van der Waals surface area contributed by atoms with Crippen LogP contribution in [0.5, 0.6) is 0 Å². The highest BCUT2D eigenvalue weighted by molar-refractivity contribution is 9.10. The van der Waals surface area contributed by atoms with E-state index in [0.29, 0.717) is 18.1 Å². The van der Waals surface area contributed by atoms with Gasteiger partial charge in [0.2, 0.25) is 18.1 Å². The van der Waals surface area contributed by atoms with Gasteiger partial charge in [-0.05, 0) is 54.9 Å². The molecule has 2 aromatic heterocycles. The van der Waals surface area contributed by atoms with Crippen molar-refractivity contribution in [2.45, 2.75) is 8.68 Å². The van der Waals surface area contributed by atoms with Gasteiger partial charge in [0.25, 0.3) is 0 Å². The molecule has 0 radical (unpaired) electrons. The first-order valence-electron chi connectivity index (χ1n) is 3.81. The second kappa shape index (κ2) is 6.02. The molecule has 2 aromatic rings. The Morgan fingerprint density at radius 1 is 0.941 bits per heavy atom. The summed E-state index contributed by atoms with van der Waals surface area (Å²) in [5, 5.41) is -0.0523. The van der Waals surface area contributed by atoms with E-state index < -0.39 is 21.6 Å². The van der Waals surface area contributed by atoms with Gasteiger partial charge in [-0.3, -0.25) is 8.42 Å². The van der Waals surface area contributed by atoms with Crippen LogP contribution in [0, 0.1) is 0 Å². The SMILES string of the molecule is O=[S@](C[S@@](=O)c1nc(Br)ns1)c1nc(Br)ns1. The first-order valence-corrected chi connectivity index (χ1v) is 9.58. The summed E-state index contributed by atoms with van der Waals surface area (Å²) in [7, 11) is -2.89. The molecule has 0 N–H and O–H groups in total. The van der Waals surface area contributed by atoms with E-state index in [2.05, 4.69) is 50.6 Å². The van der Waals surface area contributed by atoms with Gasteiger partial charge in [0.05, 0.1) is 21.6 Å². The third-order valence-corrected chi connectivity index (χ3v) is 7.81. The maximum absolute atomic E-state index is 11.8. The van der Waals surface area contributed by atoms with Crippen molar-refractivity contribution in [1.29, 1.82) is 0 Å². The van der Waals surface area contributed by atoms with Crippen LogP contribution in [0.1, 0.15) is 0 Å². The molecule has 0 fully saturated rings. The van der Waals surface area contributed by atoms with Gasteiger partial charge in [-0.25, -0.2) is 0 Å². The molecule has 0 aliphatic carbocycles. The standard InChI is InChI=1S/C5H2Br2N4O2S4/c6-2-8-4(14-10-2)16(12)1-17(13)5-9-3(7)11-15-5/h1H2/t16-,17-/m1/s1. The van der Waals surface area contributed by atoms with Crippen molar-refractivity contribution < 1.29 is 8.42 Å². The smallest absolute Gasteiger partial charge is 0.210 e. The van der Waals surface area contributed by atoms with E-state index in [-0.39, 0.29) is 5.08 Å². The van der Waals surface area contributed by atoms with Crippen LogP contribution >= 0.6 is 54.9 Å². The molecule has 0 unspecified atom stereocenters. The summed E-state index contributed by atoms with van der Waals surface area (Å²) in [6.45, 7) is 0. The average molecular weight is 438 g/mol. The van der Waals surface area contributed by atoms with E-state index >= 15 is 0 Å². The molecule has 0 saturated heterocycles. The highest BCUT2D eigenvalue weighted by Crippen LogP contribution is 2.18. The second-order valence-electron chi connectivity index (χ2n) is 2.47. The molecule has 92 valence electrons. The van der Waals surface area contributed by atoms with Gasteiger partial charge < -0.3 is 0 Å². The minimum Gasteiger partial charge on any atom is -0.251 e. The van der Waals surface area contributed by atoms with Crippen molar-refractivity contribution in [2.24, 2.45) is 0 Å². The monoisotopic (exact) mass is 436 g/mol. The van der Waals surface area contributed by atoms with Crippen LogP contribution in [0.2, 0.25) is 0 Å². The quantitative estimate of drug-likeness (QED) is 0.724. The number of hydrogen-bond donors (Lipinski definition) is 0. The Morgan fingerprint density at radius 3 is 1.65 bits per heavy atom. The van der Waals surface area contributed by atoms with Crippen molar-refractivity contribution in [3.63, 3.8) is 0 Å². The summed E-state index contributed by atoms with van der Waals surface area (Å²) in [5.74, 6) is 0. The highest BCUT2D eigenvalue weighted by Gasteiger charge is 2.17. The number of aromatic nitrogens is 4.